The Bertz CT molecular complexity index is 344. The standard InChI is InChI=1S/C9H11BrN4/c10-7-6-8(11)13-9(12-7)14-4-2-1-3-5-14/h1-2,6H,3-5H2,(H2,11,12,13). The lowest BCUT2D eigenvalue weighted by atomic mass is 10.3. The molecule has 4 nitrogen and oxygen atoms in total. The van der Waals surface area contributed by atoms with E-state index in [1.165, 1.54) is 0 Å². The van der Waals surface area contributed by atoms with Gasteiger partial charge in [0.15, 0.2) is 0 Å². The minimum Gasteiger partial charge on any atom is -0.383 e. The number of rotatable bonds is 1. The lowest BCUT2D eigenvalue weighted by Gasteiger charge is -2.23. The van der Waals surface area contributed by atoms with Gasteiger partial charge in [0, 0.05) is 19.2 Å². The number of hydrogen-bond donors (Lipinski definition) is 1. The third kappa shape index (κ3) is 2.04. The van der Waals surface area contributed by atoms with Gasteiger partial charge in [-0.05, 0) is 22.4 Å². The monoisotopic (exact) mass is 254 g/mol. The maximum Gasteiger partial charge on any atom is 0.228 e. The second-order valence-electron chi connectivity index (χ2n) is 3.12. The molecule has 0 aromatic carbocycles. The van der Waals surface area contributed by atoms with Gasteiger partial charge in [-0.15, -0.1) is 0 Å². The Hall–Kier alpha value is -1.10. The lowest BCUT2D eigenvalue weighted by Crippen LogP contribution is -2.28. The lowest BCUT2D eigenvalue weighted by molar-refractivity contribution is 0.786. The fraction of sp³-hybridized carbons (Fsp3) is 0.333. The summed E-state index contributed by atoms with van der Waals surface area (Å²) in [7, 11) is 0. The molecular formula is C9H11BrN4. The molecule has 74 valence electrons. The smallest absolute Gasteiger partial charge is 0.228 e. The Morgan fingerprint density at radius 3 is 2.86 bits per heavy atom. The van der Waals surface area contributed by atoms with Crippen LogP contribution in [0.15, 0.2) is 22.8 Å². The van der Waals surface area contributed by atoms with Crippen LogP contribution in [0.1, 0.15) is 6.42 Å². The summed E-state index contributed by atoms with van der Waals surface area (Å²) in [6.07, 6.45) is 5.32. The van der Waals surface area contributed by atoms with E-state index in [-0.39, 0.29) is 0 Å². The molecule has 0 radical (unpaired) electrons. The van der Waals surface area contributed by atoms with Gasteiger partial charge in [-0.25, -0.2) is 4.98 Å². The zero-order chi connectivity index (χ0) is 9.97. The minimum absolute atomic E-state index is 0.497. The van der Waals surface area contributed by atoms with Crippen LogP contribution in [0, 0.1) is 0 Å². The molecule has 1 aliphatic heterocycles. The second kappa shape index (κ2) is 3.96. The number of aromatic nitrogens is 2. The predicted octanol–water partition coefficient (Wildman–Crippen LogP) is 1.59. The fourth-order valence-electron chi connectivity index (χ4n) is 1.39. The highest BCUT2D eigenvalue weighted by molar-refractivity contribution is 9.10. The third-order valence-electron chi connectivity index (χ3n) is 2.04. The van der Waals surface area contributed by atoms with Crippen molar-refractivity contribution in [2.75, 3.05) is 23.7 Å². The molecule has 0 spiro atoms. The fourth-order valence-corrected chi connectivity index (χ4v) is 1.78. The van der Waals surface area contributed by atoms with Crippen molar-refractivity contribution in [2.24, 2.45) is 0 Å². The van der Waals surface area contributed by atoms with Crippen molar-refractivity contribution >= 4 is 27.7 Å². The van der Waals surface area contributed by atoms with Gasteiger partial charge in [0.25, 0.3) is 0 Å². The topological polar surface area (TPSA) is 55.0 Å². The van der Waals surface area contributed by atoms with Gasteiger partial charge < -0.3 is 10.6 Å². The highest BCUT2D eigenvalue weighted by Crippen LogP contribution is 2.17. The van der Waals surface area contributed by atoms with Crippen LogP contribution < -0.4 is 10.6 Å². The summed E-state index contributed by atoms with van der Waals surface area (Å²) >= 11 is 3.30. The molecule has 5 heteroatoms. The summed E-state index contributed by atoms with van der Waals surface area (Å²) in [4.78, 5) is 10.6. The Morgan fingerprint density at radius 2 is 2.21 bits per heavy atom. The molecule has 1 aromatic rings. The second-order valence-corrected chi connectivity index (χ2v) is 3.93. The van der Waals surface area contributed by atoms with Crippen molar-refractivity contribution in [2.45, 2.75) is 6.42 Å². The molecule has 0 saturated heterocycles. The van der Waals surface area contributed by atoms with Gasteiger partial charge in [-0.2, -0.15) is 4.98 Å². The van der Waals surface area contributed by atoms with Gasteiger partial charge in [-0.1, -0.05) is 12.2 Å². The molecule has 0 unspecified atom stereocenters. The zero-order valence-electron chi connectivity index (χ0n) is 7.65. The Balaban J connectivity index is 2.26. The van der Waals surface area contributed by atoms with Crippen LogP contribution in [0.3, 0.4) is 0 Å². The molecule has 1 aliphatic rings. The molecule has 2 rings (SSSR count). The molecule has 14 heavy (non-hydrogen) atoms. The van der Waals surface area contributed by atoms with Crippen molar-refractivity contribution in [3.05, 3.63) is 22.8 Å². The van der Waals surface area contributed by atoms with Gasteiger partial charge in [-0.3, -0.25) is 0 Å². The number of hydrogen-bond acceptors (Lipinski definition) is 4. The van der Waals surface area contributed by atoms with E-state index in [2.05, 4.69) is 42.9 Å². The van der Waals surface area contributed by atoms with E-state index in [0.717, 1.165) is 24.1 Å². The van der Waals surface area contributed by atoms with Gasteiger partial charge in [0.05, 0.1) is 0 Å². The number of anilines is 2. The third-order valence-corrected chi connectivity index (χ3v) is 2.45. The van der Waals surface area contributed by atoms with Gasteiger partial charge in [0.1, 0.15) is 10.4 Å². The first kappa shape index (κ1) is 9.45. The molecule has 0 bridgehead atoms. The highest BCUT2D eigenvalue weighted by Gasteiger charge is 2.11. The molecule has 0 atom stereocenters. The van der Waals surface area contributed by atoms with Crippen LogP contribution >= 0.6 is 15.9 Å². The molecule has 1 aromatic heterocycles. The largest absolute Gasteiger partial charge is 0.383 e. The highest BCUT2D eigenvalue weighted by atomic mass is 79.9. The van der Waals surface area contributed by atoms with E-state index < -0.39 is 0 Å². The summed E-state index contributed by atoms with van der Waals surface area (Å²) in [5, 5.41) is 0. The quantitative estimate of drug-likeness (QED) is 0.611. The van der Waals surface area contributed by atoms with E-state index >= 15 is 0 Å². The Labute approximate surface area is 91.0 Å². The van der Waals surface area contributed by atoms with Gasteiger partial charge in [0.2, 0.25) is 5.95 Å². The normalized spacial score (nSPS) is 15.9. The van der Waals surface area contributed by atoms with Crippen LogP contribution in [0.5, 0.6) is 0 Å². The van der Waals surface area contributed by atoms with E-state index in [1.807, 2.05) is 0 Å². The van der Waals surface area contributed by atoms with E-state index in [1.54, 1.807) is 6.07 Å². The maximum absolute atomic E-state index is 5.64. The van der Waals surface area contributed by atoms with Crippen molar-refractivity contribution in [1.82, 2.24) is 9.97 Å². The molecule has 2 N–H and O–H groups in total. The van der Waals surface area contributed by atoms with Crippen LogP contribution in [-0.2, 0) is 0 Å². The van der Waals surface area contributed by atoms with Crippen LogP contribution in [-0.4, -0.2) is 23.1 Å². The maximum atomic E-state index is 5.64. The first-order valence-electron chi connectivity index (χ1n) is 4.46. The average Bonchev–Trinajstić information content (AvgIpc) is 2.18. The summed E-state index contributed by atoms with van der Waals surface area (Å²) in [6.45, 7) is 1.81. The predicted molar refractivity (Wildman–Crippen MR) is 60.1 cm³/mol. The molecule has 0 fully saturated rings. The number of nitrogen functional groups attached to an aromatic ring is 1. The average molecular weight is 255 g/mol. The summed E-state index contributed by atoms with van der Waals surface area (Å²) in [5.74, 6) is 1.19. The zero-order valence-corrected chi connectivity index (χ0v) is 9.24. The Kier molecular flexibility index (Phi) is 2.67. The molecule has 0 amide bonds. The molecule has 0 aliphatic carbocycles. The van der Waals surface area contributed by atoms with Crippen molar-refractivity contribution < 1.29 is 0 Å². The van der Waals surface area contributed by atoms with Crippen LogP contribution in [0.25, 0.3) is 0 Å². The van der Waals surface area contributed by atoms with Crippen molar-refractivity contribution in [3.8, 4) is 0 Å². The number of halogens is 1. The molecule has 2 heterocycles. The minimum atomic E-state index is 0.497. The van der Waals surface area contributed by atoms with Crippen LogP contribution in [0.2, 0.25) is 0 Å². The van der Waals surface area contributed by atoms with Crippen LogP contribution in [0.4, 0.5) is 11.8 Å². The number of nitrogens with two attached hydrogens (primary N) is 1. The first-order valence-corrected chi connectivity index (χ1v) is 5.25. The molecular weight excluding hydrogens is 244 g/mol. The number of nitrogens with zero attached hydrogens (tertiary/aromatic N) is 3. The SMILES string of the molecule is Nc1cc(Br)nc(N2CC=CCC2)n1. The van der Waals surface area contributed by atoms with E-state index in [0.29, 0.717) is 11.8 Å². The van der Waals surface area contributed by atoms with Crippen molar-refractivity contribution in [3.63, 3.8) is 0 Å². The van der Waals surface area contributed by atoms with Gasteiger partial charge >= 0.3 is 0 Å². The first-order chi connectivity index (χ1) is 6.75. The summed E-state index contributed by atoms with van der Waals surface area (Å²) in [5.41, 5.74) is 5.64. The van der Waals surface area contributed by atoms with E-state index in [9.17, 15) is 0 Å². The Morgan fingerprint density at radius 1 is 1.36 bits per heavy atom. The molecule has 0 saturated carbocycles. The summed E-state index contributed by atoms with van der Waals surface area (Å²) in [6, 6.07) is 1.70. The van der Waals surface area contributed by atoms with E-state index in [4.69, 9.17) is 5.73 Å². The summed E-state index contributed by atoms with van der Waals surface area (Å²) < 4.78 is 0.731. The van der Waals surface area contributed by atoms with Crippen molar-refractivity contribution in [1.29, 1.82) is 0 Å².